The van der Waals surface area contributed by atoms with Gasteiger partial charge in [0.15, 0.2) is 0 Å². The second kappa shape index (κ2) is 9.29. The van der Waals surface area contributed by atoms with Crippen molar-refractivity contribution in [2.75, 3.05) is 7.11 Å². The van der Waals surface area contributed by atoms with Gasteiger partial charge in [0.25, 0.3) is 0 Å². The molecule has 0 saturated heterocycles. The van der Waals surface area contributed by atoms with Crippen LogP contribution in [0.1, 0.15) is 31.9 Å². The smallest absolute Gasteiger partial charge is 0.0512 e. The van der Waals surface area contributed by atoms with Crippen molar-refractivity contribution >= 4 is 27.9 Å². The fraction of sp³-hybridized carbons (Fsp3) is 0.172. The lowest BCUT2D eigenvalue weighted by molar-refractivity contribution is 0.399. The standard InChI is InChI=1S/C28H28N2.CH4O/c1-6-7-10-22(19(3)29)20-14-13-18(2)28(4,5)26-21(17-20)15-16-24-23-11-8-9-12-25(23)30-27(24)26;1-2/h6-17,30H,1-2,29H2,3-5H3;2H,1H3/b10-7-,14-13-,20-17+,22-19-;. The highest BCUT2D eigenvalue weighted by molar-refractivity contribution is 6.09. The van der Waals surface area contributed by atoms with Crippen molar-refractivity contribution in [1.82, 2.24) is 4.98 Å². The quantitative estimate of drug-likeness (QED) is 0.410. The molecule has 0 saturated carbocycles. The number of allylic oxidation sites excluding steroid dienone is 9. The third-order valence-electron chi connectivity index (χ3n) is 6.05. The first kappa shape index (κ1) is 23.1. The first-order valence-corrected chi connectivity index (χ1v) is 10.7. The molecular formula is C29H32N2O. The van der Waals surface area contributed by atoms with Crippen LogP contribution >= 0.6 is 0 Å². The van der Waals surface area contributed by atoms with Gasteiger partial charge in [-0.2, -0.15) is 0 Å². The molecule has 0 fully saturated rings. The number of aromatic nitrogens is 1. The monoisotopic (exact) mass is 424 g/mol. The van der Waals surface area contributed by atoms with Crippen LogP contribution < -0.4 is 5.73 Å². The van der Waals surface area contributed by atoms with Gasteiger partial charge in [0.05, 0.1) is 5.52 Å². The average molecular weight is 425 g/mol. The molecule has 1 aliphatic carbocycles. The fourth-order valence-corrected chi connectivity index (χ4v) is 4.29. The zero-order chi connectivity index (χ0) is 23.5. The number of nitrogens with one attached hydrogen (secondary N) is 1. The van der Waals surface area contributed by atoms with Crippen LogP contribution in [0.4, 0.5) is 0 Å². The zero-order valence-corrected chi connectivity index (χ0v) is 19.4. The molecule has 0 atom stereocenters. The van der Waals surface area contributed by atoms with Crippen molar-refractivity contribution in [3.63, 3.8) is 0 Å². The molecule has 3 nitrogen and oxygen atoms in total. The molecule has 0 amide bonds. The van der Waals surface area contributed by atoms with Crippen LogP contribution in [-0.2, 0) is 5.41 Å². The van der Waals surface area contributed by atoms with Gasteiger partial charge < -0.3 is 15.8 Å². The largest absolute Gasteiger partial charge is 0.402 e. The summed E-state index contributed by atoms with van der Waals surface area (Å²) in [6, 6.07) is 12.9. The van der Waals surface area contributed by atoms with Gasteiger partial charge >= 0.3 is 0 Å². The Morgan fingerprint density at radius 2 is 1.78 bits per heavy atom. The molecule has 0 unspecified atom stereocenters. The molecule has 4 N–H and O–H groups in total. The van der Waals surface area contributed by atoms with E-state index in [4.69, 9.17) is 10.8 Å². The van der Waals surface area contributed by atoms with E-state index >= 15 is 0 Å². The second-order valence-electron chi connectivity index (χ2n) is 8.40. The van der Waals surface area contributed by atoms with E-state index in [1.807, 2.05) is 19.1 Å². The highest BCUT2D eigenvalue weighted by Crippen LogP contribution is 2.42. The minimum absolute atomic E-state index is 0.229. The van der Waals surface area contributed by atoms with E-state index in [1.54, 1.807) is 6.08 Å². The number of benzene rings is 2. The number of aromatic amines is 1. The lowest BCUT2D eigenvalue weighted by Gasteiger charge is -2.30. The summed E-state index contributed by atoms with van der Waals surface area (Å²) in [4.78, 5) is 3.67. The fourth-order valence-electron chi connectivity index (χ4n) is 4.29. The van der Waals surface area contributed by atoms with Crippen molar-refractivity contribution in [2.24, 2.45) is 5.73 Å². The Kier molecular flexibility index (Phi) is 6.71. The maximum absolute atomic E-state index is 7.00. The molecule has 1 heterocycles. The summed E-state index contributed by atoms with van der Waals surface area (Å²) < 4.78 is 0. The van der Waals surface area contributed by atoms with Crippen LogP contribution in [0.15, 0.2) is 102 Å². The summed E-state index contributed by atoms with van der Waals surface area (Å²) in [7, 11) is 1.00. The molecule has 1 aliphatic rings. The minimum Gasteiger partial charge on any atom is -0.402 e. The third kappa shape index (κ3) is 4.00. The van der Waals surface area contributed by atoms with E-state index in [2.05, 4.69) is 86.6 Å². The lowest BCUT2D eigenvalue weighted by Crippen LogP contribution is -2.21. The number of nitrogens with two attached hydrogens (primary N) is 1. The Balaban J connectivity index is 0.00000141. The molecule has 0 spiro atoms. The van der Waals surface area contributed by atoms with Crippen molar-refractivity contribution < 1.29 is 5.11 Å². The van der Waals surface area contributed by atoms with Gasteiger partial charge in [0.1, 0.15) is 0 Å². The van der Waals surface area contributed by atoms with Crippen molar-refractivity contribution in [3.05, 3.63) is 113 Å². The number of aliphatic hydroxyl groups excluding tert-OH is 1. The predicted octanol–water partition coefficient (Wildman–Crippen LogP) is 6.69. The number of fused-ring (bicyclic) bond motifs is 5. The Labute approximate surface area is 190 Å². The van der Waals surface area contributed by atoms with Gasteiger partial charge in [-0.05, 0) is 41.3 Å². The molecule has 0 radical (unpaired) electrons. The van der Waals surface area contributed by atoms with Crippen LogP contribution in [0.2, 0.25) is 0 Å². The summed E-state index contributed by atoms with van der Waals surface area (Å²) in [6.07, 6.45) is 12.1. The first-order valence-electron chi connectivity index (χ1n) is 10.7. The molecule has 3 heteroatoms. The Hall–Kier alpha value is -3.56. The van der Waals surface area contributed by atoms with Gasteiger partial charge in [-0.3, -0.25) is 0 Å². The van der Waals surface area contributed by atoms with Crippen molar-refractivity contribution in [1.29, 1.82) is 0 Å². The number of para-hydroxylation sites is 1. The van der Waals surface area contributed by atoms with Gasteiger partial charge in [0, 0.05) is 40.1 Å². The van der Waals surface area contributed by atoms with Crippen LogP contribution in [0, 0.1) is 0 Å². The van der Waals surface area contributed by atoms with Crippen molar-refractivity contribution in [2.45, 2.75) is 26.2 Å². The molecule has 0 bridgehead atoms. The van der Waals surface area contributed by atoms with E-state index in [0.717, 1.165) is 35.0 Å². The Morgan fingerprint density at radius 3 is 2.47 bits per heavy atom. The molecule has 1 aromatic heterocycles. The number of H-pyrrole nitrogens is 1. The van der Waals surface area contributed by atoms with Crippen molar-refractivity contribution in [3.8, 4) is 0 Å². The molecule has 0 aliphatic heterocycles. The summed E-state index contributed by atoms with van der Waals surface area (Å²) in [5, 5.41) is 9.48. The highest BCUT2D eigenvalue weighted by Gasteiger charge is 2.30. The molecule has 3 aromatic rings. The van der Waals surface area contributed by atoms with Gasteiger partial charge in [-0.25, -0.2) is 0 Å². The molecule has 164 valence electrons. The lowest BCUT2D eigenvalue weighted by atomic mass is 9.73. The van der Waals surface area contributed by atoms with Crippen LogP contribution in [-0.4, -0.2) is 17.2 Å². The maximum atomic E-state index is 7.00. The number of aliphatic hydroxyl groups is 1. The Bertz CT molecular complexity index is 1310. The van der Waals surface area contributed by atoms with E-state index in [0.29, 0.717) is 0 Å². The first-order chi connectivity index (χ1) is 15.3. The van der Waals surface area contributed by atoms with Crippen LogP contribution in [0.3, 0.4) is 0 Å². The van der Waals surface area contributed by atoms with Gasteiger partial charge in [-0.1, -0.05) is 87.7 Å². The SMILES string of the molecule is C=C\C=C/C(=C(\C)N)C1=C/c2ccc3c([nH]c4ccccc43)c2C(C)(C)C(=C)/C=C\1.CO. The third-order valence-corrected chi connectivity index (χ3v) is 6.05. The predicted molar refractivity (Wildman–Crippen MR) is 139 cm³/mol. The summed E-state index contributed by atoms with van der Waals surface area (Å²) in [5.41, 5.74) is 14.6. The number of hydrogen-bond acceptors (Lipinski definition) is 2. The normalized spacial score (nSPS) is 18.7. The highest BCUT2D eigenvalue weighted by atomic mass is 16.2. The second-order valence-corrected chi connectivity index (χ2v) is 8.40. The Morgan fingerprint density at radius 1 is 1.06 bits per heavy atom. The number of hydrogen-bond donors (Lipinski definition) is 3. The van der Waals surface area contributed by atoms with E-state index in [9.17, 15) is 0 Å². The average Bonchev–Trinajstić information content (AvgIpc) is 3.15. The van der Waals surface area contributed by atoms with E-state index in [1.165, 1.54) is 27.4 Å². The topological polar surface area (TPSA) is 62.0 Å². The summed E-state index contributed by atoms with van der Waals surface area (Å²) in [6.45, 7) is 14.6. The van der Waals surface area contributed by atoms with E-state index in [-0.39, 0.29) is 5.41 Å². The van der Waals surface area contributed by atoms with Gasteiger partial charge in [0.2, 0.25) is 0 Å². The molecule has 2 aromatic carbocycles. The van der Waals surface area contributed by atoms with Gasteiger partial charge in [-0.15, -0.1) is 0 Å². The number of rotatable bonds is 3. The molecule has 32 heavy (non-hydrogen) atoms. The minimum atomic E-state index is -0.229. The zero-order valence-electron chi connectivity index (χ0n) is 19.4. The van der Waals surface area contributed by atoms with Crippen LogP contribution in [0.25, 0.3) is 27.9 Å². The van der Waals surface area contributed by atoms with E-state index < -0.39 is 0 Å². The summed E-state index contributed by atoms with van der Waals surface area (Å²) in [5.74, 6) is 0. The molecule has 4 rings (SSSR count). The molecular weight excluding hydrogens is 392 g/mol. The van der Waals surface area contributed by atoms with Crippen LogP contribution in [0.5, 0.6) is 0 Å². The maximum Gasteiger partial charge on any atom is 0.0512 e. The summed E-state index contributed by atoms with van der Waals surface area (Å²) >= 11 is 0.